The fraction of sp³-hybridized carbons (Fsp3) is 0.188. The van der Waals surface area contributed by atoms with Gasteiger partial charge in [-0.1, -0.05) is 6.07 Å². The van der Waals surface area contributed by atoms with E-state index in [1.807, 2.05) is 6.07 Å². The Labute approximate surface area is 128 Å². The molecule has 0 amide bonds. The predicted molar refractivity (Wildman–Crippen MR) is 83.5 cm³/mol. The second kappa shape index (κ2) is 6.71. The zero-order valence-corrected chi connectivity index (χ0v) is 12.7. The molecule has 6 heteroatoms. The quantitative estimate of drug-likeness (QED) is 0.618. The van der Waals surface area contributed by atoms with Crippen molar-refractivity contribution in [2.75, 3.05) is 21.2 Å². The maximum atomic E-state index is 12.1. The topological polar surface area (TPSA) is 64.4 Å². The van der Waals surface area contributed by atoms with Crippen LogP contribution < -0.4 is 10.2 Å². The number of methoxy groups -OCH3 is 1. The lowest BCUT2D eigenvalue weighted by atomic mass is 10.2. The van der Waals surface area contributed by atoms with Crippen LogP contribution in [0.3, 0.4) is 0 Å². The van der Waals surface area contributed by atoms with Gasteiger partial charge in [0.25, 0.3) is 0 Å². The minimum absolute atomic E-state index is 0.122. The van der Waals surface area contributed by atoms with Crippen LogP contribution in [-0.4, -0.2) is 41.7 Å². The van der Waals surface area contributed by atoms with Crippen molar-refractivity contribution >= 4 is 5.78 Å². The van der Waals surface area contributed by atoms with Crippen molar-refractivity contribution in [2.45, 2.75) is 0 Å². The number of ketones is 1. The van der Waals surface area contributed by atoms with Crippen molar-refractivity contribution < 1.29 is 9.53 Å². The lowest BCUT2D eigenvalue weighted by Crippen LogP contribution is -2.20. The Kier molecular flexibility index (Phi) is 4.73. The molecule has 0 aliphatic heterocycles. The lowest BCUT2D eigenvalue weighted by molar-refractivity contribution is 0.103. The highest BCUT2D eigenvalue weighted by Crippen LogP contribution is 2.15. The molecular formula is C16H17N3O3. The highest BCUT2D eigenvalue weighted by molar-refractivity contribution is 6.02. The van der Waals surface area contributed by atoms with Crippen molar-refractivity contribution in [2.24, 2.45) is 0 Å². The summed E-state index contributed by atoms with van der Waals surface area (Å²) in [6.07, 6.45) is 4.41. The predicted octanol–water partition coefficient (Wildman–Crippen LogP) is 1.50. The summed E-state index contributed by atoms with van der Waals surface area (Å²) in [5, 5.41) is 4.13. The summed E-state index contributed by atoms with van der Waals surface area (Å²) in [5.74, 6) is 0.231. The van der Waals surface area contributed by atoms with Gasteiger partial charge in [-0.05, 0) is 12.1 Å². The van der Waals surface area contributed by atoms with Crippen LogP contribution in [0.15, 0.2) is 53.6 Å². The van der Waals surface area contributed by atoms with Gasteiger partial charge in [-0.3, -0.25) is 9.59 Å². The molecule has 2 rings (SSSR count). The molecule has 22 heavy (non-hydrogen) atoms. The highest BCUT2D eigenvalue weighted by Gasteiger charge is 2.11. The Morgan fingerprint density at radius 1 is 1.32 bits per heavy atom. The van der Waals surface area contributed by atoms with Crippen LogP contribution in [0, 0.1) is 0 Å². The summed E-state index contributed by atoms with van der Waals surface area (Å²) in [7, 11) is 5.15. The van der Waals surface area contributed by atoms with E-state index in [-0.39, 0.29) is 5.69 Å². The van der Waals surface area contributed by atoms with Gasteiger partial charge in [0.15, 0.2) is 5.69 Å². The molecule has 1 aromatic heterocycles. The van der Waals surface area contributed by atoms with Crippen LogP contribution in [0.5, 0.6) is 5.75 Å². The van der Waals surface area contributed by atoms with Gasteiger partial charge in [-0.25, -0.2) is 4.68 Å². The number of aromatic nitrogens is 2. The molecule has 0 spiro atoms. The summed E-state index contributed by atoms with van der Waals surface area (Å²) in [4.78, 5) is 25.6. The number of carbonyl (C=O) groups excluding carboxylic acids is 1. The smallest absolute Gasteiger partial charge is 0.211 e. The van der Waals surface area contributed by atoms with Crippen molar-refractivity contribution in [3.05, 3.63) is 64.7 Å². The molecule has 0 aliphatic rings. The van der Waals surface area contributed by atoms with Crippen LogP contribution in [-0.2, 0) is 0 Å². The summed E-state index contributed by atoms with van der Waals surface area (Å²) < 4.78 is 6.63. The Hall–Kier alpha value is -2.89. The number of hydrogen-bond donors (Lipinski definition) is 0. The largest absolute Gasteiger partial charge is 0.497 e. The van der Waals surface area contributed by atoms with Crippen LogP contribution in [0.4, 0.5) is 0 Å². The van der Waals surface area contributed by atoms with Gasteiger partial charge in [0.05, 0.1) is 12.8 Å². The van der Waals surface area contributed by atoms with E-state index in [1.165, 1.54) is 23.0 Å². The van der Waals surface area contributed by atoms with E-state index in [4.69, 9.17) is 4.74 Å². The first-order chi connectivity index (χ1) is 10.5. The van der Waals surface area contributed by atoms with Gasteiger partial charge in [-0.2, -0.15) is 5.10 Å². The molecule has 114 valence electrons. The Bertz CT molecular complexity index is 763. The third kappa shape index (κ3) is 3.60. The first kappa shape index (κ1) is 15.5. The molecule has 0 aliphatic carbocycles. The van der Waals surface area contributed by atoms with Crippen molar-refractivity contribution in [3.8, 4) is 11.4 Å². The normalized spacial score (nSPS) is 10.7. The molecule has 0 unspecified atom stereocenters. The fourth-order valence-corrected chi connectivity index (χ4v) is 1.77. The van der Waals surface area contributed by atoms with Gasteiger partial charge in [0.1, 0.15) is 5.75 Å². The Balaban J connectivity index is 2.42. The molecule has 0 N–H and O–H groups in total. The number of nitrogens with zero attached hydrogens (tertiary/aromatic N) is 3. The number of ether oxygens (including phenoxy) is 1. The number of carbonyl (C=O) groups is 1. The molecular weight excluding hydrogens is 282 g/mol. The van der Waals surface area contributed by atoms with Crippen LogP contribution >= 0.6 is 0 Å². The number of rotatable bonds is 5. The molecule has 0 bridgehead atoms. The van der Waals surface area contributed by atoms with Crippen molar-refractivity contribution in [3.63, 3.8) is 0 Å². The van der Waals surface area contributed by atoms with Crippen molar-refractivity contribution in [1.82, 2.24) is 14.7 Å². The van der Waals surface area contributed by atoms with Crippen molar-refractivity contribution in [1.29, 1.82) is 0 Å². The summed E-state index contributed by atoms with van der Waals surface area (Å²) in [5.41, 5.74) is 0.168. The maximum absolute atomic E-state index is 12.1. The van der Waals surface area contributed by atoms with Gasteiger partial charge >= 0.3 is 0 Å². The summed E-state index contributed by atoms with van der Waals surface area (Å²) in [6, 6.07) is 8.51. The molecule has 0 saturated carbocycles. The molecule has 1 aromatic carbocycles. The SMILES string of the molecule is COc1cccc(-n2ccc(=O)c(C(=O)/C=C/N(C)C)n2)c1. The molecule has 1 heterocycles. The van der Waals surface area contributed by atoms with E-state index in [9.17, 15) is 9.59 Å². The zero-order chi connectivity index (χ0) is 16.1. The third-order valence-corrected chi connectivity index (χ3v) is 2.88. The van der Waals surface area contributed by atoms with E-state index < -0.39 is 11.2 Å². The fourth-order valence-electron chi connectivity index (χ4n) is 1.77. The third-order valence-electron chi connectivity index (χ3n) is 2.88. The molecule has 0 radical (unpaired) electrons. The van der Waals surface area contributed by atoms with Gasteiger partial charge in [-0.15, -0.1) is 0 Å². The van der Waals surface area contributed by atoms with Gasteiger partial charge in [0, 0.05) is 44.7 Å². The second-order valence-electron chi connectivity index (χ2n) is 4.82. The van der Waals surface area contributed by atoms with Gasteiger partial charge < -0.3 is 9.64 Å². The van der Waals surface area contributed by atoms with E-state index in [0.29, 0.717) is 11.4 Å². The Morgan fingerprint density at radius 2 is 2.09 bits per heavy atom. The molecule has 0 fully saturated rings. The lowest BCUT2D eigenvalue weighted by Gasteiger charge is -2.08. The minimum Gasteiger partial charge on any atom is -0.497 e. The minimum atomic E-state index is -0.434. The average Bonchev–Trinajstić information content (AvgIpc) is 2.53. The van der Waals surface area contributed by atoms with Crippen LogP contribution in [0.1, 0.15) is 10.5 Å². The molecule has 2 aromatic rings. The first-order valence-corrected chi connectivity index (χ1v) is 6.64. The summed E-state index contributed by atoms with van der Waals surface area (Å²) >= 11 is 0. The number of allylic oxidation sites excluding steroid dienone is 1. The second-order valence-corrected chi connectivity index (χ2v) is 4.82. The first-order valence-electron chi connectivity index (χ1n) is 6.64. The number of benzene rings is 1. The standard InChI is InChI=1S/C16H17N3O3/c1-18(2)9-7-14(20)16-15(21)8-10-19(17-16)12-5-4-6-13(11-12)22-3/h4-11H,1-3H3/b9-7+. The van der Waals surface area contributed by atoms with E-state index in [1.54, 1.807) is 50.5 Å². The van der Waals surface area contributed by atoms with E-state index in [0.717, 1.165) is 0 Å². The average molecular weight is 299 g/mol. The molecule has 6 nitrogen and oxygen atoms in total. The van der Waals surface area contributed by atoms with E-state index >= 15 is 0 Å². The molecule has 0 atom stereocenters. The number of hydrogen-bond acceptors (Lipinski definition) is 5. The van der Waals surface area contributed by atoms with Crippen LogP contribution in [0.25, 0.3) is 5.69 Å². The van der Waals surface area contributed by atoms with Crippen LogP contribution in [0.2, 0.25) is 0 Å². The van der Waals surface area contributed by atoms with E-state index in [2.05, 4.69) is 5.10 Å². The molecule has 0 saturated heterocycles. The monoisotopic (exact) mass is 299 g/mol. The van der Waals surface area contributed by atoms with Gasteiger partial charge in [0.2, 0.25) is 11.2 Å². The summed E-state index contributed by atoms with van der Waals surface area (Å²) in [6.45, 7) is 0. The Morgan fingerprint density at radius 3 is 2.77 bits per heavy atom. The maximum Gasteiger partial charge on any atom is 0.211 e. The highest BCUT2D eigenvalue weighted by atomic mass is 16.5. The zero-order valence-electron chi connectivity index (χ0n) is 12.7.